The second-order valence-electron chi connectivity index (χ2n) is 4.22. The molecule has 1 amide bonds. The van der Waals surface area contributed by atoms with Crippen LogP contribution in [0.25, 0.3) is 0 Å². The maximum atomic E-state index is 12.4. The lowest BCUT2D eigenvalue weighted by Gasteiger charge is -2.09. The van der Waals surface area contributed by atoms with E-state index in [1.54, 1.807) is 23.6 Å². The summed E-state index contributed by atoms with van der Waals surface area (Å²) in [5, 5.41) is 5.21. The smallest absolute Gasteiger partial charge is 0.238 e. The van der Waals surface area contributed by atoms with Gasteiger partial charge in [0.25, 0.3) is 0 Å². The number of carbonyl (C=O) groups excluding carboxylic acids is 2. The minimum Gasteiger partial charge on any atom is -0.316 e. The van der Waals surface area contributed by atoms with E-state index in [0.717, 1.165) is 0 Å². The van der Waals surface area contributed by atoms with Crippen molar-refractivity contribution in [2.45, 2.75) is 18.2 Å². The van der Waals surface area contributed by atoms with E-state index < -0.39 is 0 Å². The largest absolute Gasteiger partial charge is 0.316 e. The number of alkyl halides is 1. The molecule has 104 valence electrons. The number of carbonyl (C=O) groups is 2. The van der Waals surface area contributed by atoms with Crippen molar-refractivity contribution in [3.05, 3.63) is 52.9 Å². The fourth-order valence-corrected chi connectivity index (χ4v) is 2.61. The highest BCUT2D eigenvalue weighted by Crippen LogP contribution is 2.26. The second-order valence-corrected chi connectivity index (χ2v) is 6.25. The van der Waals surface area contributed by atoms with Crippen LogP contribution in [0.2, 0.25) is 0 Å². The van der Waals surface area contributed by atoms with Gasteiger partial charge in [-0.25, -0.2) is 0 Å². The van der Waals surface area contributed by atoms with Gasteiger partial charge in [-0.2, -0.15) is 0 Å². The van der Waals surface area contributed by atoms with Crippen LogP contribution < -0.4 is 5.32 Å². The van der Waals surface area contributed by atoms with Gasteiger partial charge in [-0.15, -0.1) is 11.3 Å². The lowest BCUT2D eigenvalue weighted by Crippen LogP contribution is -2.22. The summed E-state index contributed by atoms with van der Waals surface area (Å²) >= 11 is 4.66. The SMILES string of the molecule is CCC(Br)C(=O)Nc1sccc1C(=O)c1ccccc1. The first kappa shape index (κ1) is 14.9. The molecular weight excluding hydrogens is 338 g/mol. The molecule has 0 bridgehead atoms. The van der Waals surface area contributed by atoms with Gasteiger partial charge in [0.1, 0.15) is 5.00 Å². The summed E-state index contributed by atoms with van der Waals surface area (Å²) in [4.78, 5) is 24.0. The molecule has 1 heterocycles. The van der Waals surface area contributed by atoms with E-state index in [9.17, 15) is 9.59 Å². The Kier molecular flexibility index (Phi) is 5.09. The Labute approximate surface area is 130 Å². The van der Waals surface area contributed by atoms with Gasteiger partial charge in [0.15, 0.2) is 5.78 Å². The zero-order valence-electron chi connectivity index (χ0n) is 10.9. The number of benzene rings is 1. The highest BCUT2D eigenvalue weighted by atomic mass is 79.9. The van der Waals surface area contributed by atoms with Gasteiger partial charge < -0.3 is 5.32 Å². The Morgan fingerprint density at radius 1 is 1.25 bits per heavy atom. The van der Waals surface area contributed by atoms with Crippen molar-refractivity contribution < 1.29 is 9.59 Å². The number of hydrogen-bond acceptors (Lipinski definition) is 3. The molecule has 0 aliphatic rings. The summed E-state index contributed by atoms with van der Waals surface area (Å²) in [5.41, 5.74) is 1.15. The number of rotatable bonds is 5. The molecule has 0 fully saturated rings. The van der Waals surface area contributed by atoms with Crippen LogP contribution in [-0.4, -0.2) is 16.5 Å². The van der Waals surface area contributed by atoms with Crippen molar-refractivity contribution >= 4 is 44.0 Å². The molecule has 0 aliphatic carbocycles. The third-order valence-electron chi connectivity index (χ3n) is 2.83. The maximum absolute atomic E-state index is 12.4. The fraction of sp³-hybridized carbons (Fsp3) is 0.200. The van der Waals surface area contributed by atoms with Gasteiger partial charge in [0, 0.05) is 5.56 Å². The summed E-state index contributed by atoms with van der Waals surface area (Å²) in [5.74, 6) is -0.207. The highest BCUT2D eigenvalue weighted by Gasteiger charge is 2.19. The molecule has 1 N–H and O–H groups in total. The van der Waals surface area contributed by atoms with E-state index in [1.165, 1.54) is 11.3 Å². The van der Waals surface area contributed by atoms with Crippen LogP contribution in [-0.2, 0) is 4.79 Å². The minimum atomic E-state index is -0.246. The number of amides is 1. The molecule has 0 saturated carbocycles. The Balaban J connectivity index is 2.21. The molecule has 5 heteroatoms. The normalized spacial score (nSPS) is 11.9. The van der Waals surface area contributed by atoms with Crippen LogP contribution in [0.4, 0.5) is 5.00 Å². The van der Waals surface area contributed by atoms with Crippen molar-refractivity contribution in [2.24, 2.45) is 0 Å². The number of thiophene rings is 1. The molecule has 3 nitrogen and oxygen atoms in total. The van der Waals surface area contributed by atoms with Crippen molar-refractivity contribution in [1.29, 1.82) is 0 Å². The number of anilines is 1. The molecular formula is C15H14BrNO2S. The zero-order chi connectivity index (χ0) is 14.5. The Morgan fingerprint density at radius 2 is 1.95 bits per heavy atom. The molecule has 1 atom stereocenters. The molecule has 0 spiro atoms. The second kappa shape index (κ2) is 6.81. The standard InChI is InChI=1S/C15H14BrNO2S/c1-2-12(16)14(19)17-15-11(8-9-20-15)13(18)10-6-4-3-5-7-10/h3-9,12H,2H2,1H3,(H,17,19). The van der Waals surface area contributed by atoms with Crippen LogP contribution in [0.1, 0.15) is 29.3 Å². The topological polar surface area (TPSA) is 46.2 Å². The van der Waals surface area contributed by atoms with Gasteiger partial charge in [0.05, 0.1) is 10.4 Å². The monoisotopic (exact) mass is 351 g/mol. The van der Waals surface area contributed by atoms with Crippen molar-refractivity contribution in [3.63, 3.8) is 0 Å². The summed E-state index contributed by atoms with van der Waals surface area (Å²) in [6, 6.07) is 10.8. The number of ketones is 1. The van der Waals surface area contributed by atoms with Crippen molar-refractivity contribution in [1.82, 2.24) is 0 Å². The molecule has 2 rings (SSSR count). The van der Waals surface area contributed by atoms with Crippen molar-refractivity contribution in [3.8, 4) is 0 Å². The molecule has 0 radical (unpaired) electrons. The van der Waals surface area contributed by atoms with E-state index in [2.05, 4.69) is 21.2 Å². The average molecular weight is 352 g/mol. The number of hydrogen-bond donors (Lipinski definition) is 1. The third-order valence-corrected chi connectivity index (χ3v) is 4.72. The number of halogens is 1. The summed E-state index contributed by atoms with van der Waals surface area (Å²) in [6.45, 7) is 1.92. The predicted octanol–water partition coefficient (Wildman–Crippen LogP) is 4.09. The van der Waals surface area contributed by atoms with E-state index in [0.29, 0.717) is 22.5 Å². The van der Waals surface area contributed by atoms with Gasteiger partial charge in [0.2, 0.25) is 5.91 Å². The molecule has 0 saturated heterocycles. The molecule has 1 unspecified atom stereocenters. The first-order valence-electron chi connectivity index (χ1n) is 6.25. The van der Waals surface area contributed by atoms with Crippen LogP contribution in [0.5, 0.6) is 0 Å². The Bertz CT molecular complexity index is 609. The van der Waals surface area contributed by atoms with Gasteiger partial charge in [-0.1, -0.05) is 53.2 Å². The first-order chi connectivity index (χ1) is 9.63. The fourth-order valence-electron chi connectivity index (χ4n) is 1.71. The van der Waals surface area contributed by atoms with Gasteiger partial charge in [-0.05, 0) is 17.9 Å². The van der Waals surface area contributed by atoms with Crippen LogP contribution >= 0.6 is 27.3 Å². The first-order valence-corrected chi connectivity index (χ1v) is 8.05. The maximum Gasteiger partial charge on any atom is 0.238 e. The van der Waals surface area contributed by atoms with Gasteiger partial charge >= 0.3 is 0 Å². The summed E-state index contributed by atoms with van der Waals surface area (Å²) in [6.07, 6.45) is 0.694. The van der Waals surface area contributed by atoms with Gasteiger partial charge in [-0.3, -0.25) is 9.59 Å². The minimum absolute atomic E-state index is 0.0789. The molecule has 1 aromatic heterocycles. The van der Waals surface area contributed by atoms with E-state index in [1.807, 2.05) is 25.1 Å². The average Bonchev–Trinajstić information content (AvgIpc) is 2.94. The number of nitrogens with one attached hydrogen (secondary N) is 1. The predicted molar refractivity (Wildman–Crippen MR) is 85.8 cm³/mol. The Hall–Kier alpha value is -1.46. The zero-order valence-corrected chi connectivity index (χ0v) is 13.3. The highest BCUT2D eigenvalue weighted by molar-refractivity contribution is 9.10. The Morgan fingerprint density at radius 3 is 2.60 bits per heavy atom. The lowest BCUT2D eigenvalue weighted by molar-refractivity contribution is -0.115. The third kappa shape index (κ3) is 3.35. The lowest BCUT2D eigenvalue weighted by atomic mass is 10.1. The summed E-state index contributed by atoms with van der Waals surface area (Å²) < 4.78 is 0. The van der Waals surface area contributed by atoms with Crippen LogP contribution in [0.3, 0.4) is 0 Å². The molecule has 20 heavy (non-hydrogen) atoms. The van der Waals surface area contributed by atoms with Crippen LogP contribution in [0.15, 0.2) is 41.8 Å². The molecule has 0 aliphatic heterocycles. The van der Waals surface area contributed by atoms with Crippen molar-refractivity contribution in [2.75, 3.05) is 5.32 Å². The molecule has 1 aromatic carbocycles. The van der Waals surface area contributed by atoms with E-state index >= 15 is 0 Å². The van der Waals surface area contributed by atoms with E-state index in [-0.39, 0.29) is 16.5 Å². The van der Waals surface area contributed by atoms with E-state index in [4.69, 9.17) is 0 Å². The van der Waals surface area contributed by atoms with Crippen LogP contribution in [0, 0.1) is 0 Å². The quantitative estimate of drug-likeness (QED) is 0.651. The summed E-state index contributed by atoms with van der Waals surface area (Å²) in [7, 11) is 0. The molecule has 2 aromatic rings.